The Morgan fingerprint density at radius 2 is 1.74 bits per heavy atom. The number of sulfone groups is 1. The molecule has 7 heteroatoms. The van der Waals surface area contributed by atoms with Crippen molar-refractivity contribution in [1.82, 2.24) is 14.7 Å². The Morgan fingerprint density at radius 1 is 1.04 bits per heavy atom. The third-order valence-corrected chi connectivity index (χ3v) is 6.36. The van der Waals surface area contributed by atoms with Crippen molar-refractivity contribution in [3.63, 3.8) is 0 Å². The summed E-state index contributed by atoms with van der Waals surface area (Å²) in [6, 6.07) is 13.8. The second-order valence-corrected chi connectivity index (χ2v) is 8.14. The van der Waals surface area contributed by atoms with E-state index < -0.39 is 9.84 Å². The molecule has 6 nitrogen and oxygen atoms in total. The van der Waals surface area contributed by atoms with Crippen molar-refractivity contribution < 1.29 is 13.2 Å². The van der Waals surface area contributed by atoms with Gasteiger partial charge in [0.05, 0.1) is 4.90 Å². The summed E-state index contributed by atoms with van der Waals surface area (Å²) in [5.41, 5.74) is 0.687. The average molecular weight is 388 g/mol. The first kappa shape index (κ1) is 19.4. The smallest absolute Gasteiger partial charge is 0.226 e. The zero-order valence-corrected chi connectivity index (χ0v) is 16.7. The Bertz CT molecular complexity index is 1010. The number of nitrogens with zero attached hydrogens (tertiary/aromatic N) is 3. The van der Waals surface area contributed by atoms with Crippen molar-refractivity contribution >= 4 is 20.7 Å². The van der Waals surface area contributed by atoms with Crippen LogP contribution in [-0.2, 0) is 16.9 Å². The predicted octanol–water partition coefficient (Wildman–Crippen LogP) is 3.13. The van der Waals surface area contributed by atoms with E-state index >= 15 is 0 Å². The molecule has 3 aromatic rings. The minimum Gasteiger partial charge on any atom is -0.490 e. The highest BCUT2D eigenvalue weighted by Gasteiger charge is 2.25. The first-order chi connectivity index (χ1) is 13.0. The lowest BCUT2D eigenvalue weighted by Gasteiger charge is -2.18. The maximum atomic E-state index is 13.0. The van der Waals surface area contributed by atoms with Gasteiger partial charge in [0.25, 0.3) is 0 Å². The van der Waals surface area contributed by atoms with Gasteiger partial charge in [-0.2, -0.15) is 5.10 Å². The number of fused-ring (bicyclic) bond motifs is 1. The van der Waals surface area contributed by atoms with E-state index in [1.807, 2.05) is 6.07 Å². The van der Waals surface area contributed by atoms with Gasteiger partial charge in [-0.15, -0.1) is 0 Å². The summed E-state index contributed by atoms with van der Waals surface area (Å²) in [7, 11) is -1.96. The molecule has 0 saturated carbocycles. The Kier molecular flexibility index (Phi) is 5.82. The minimum atomic E-state index is -3.70. The molecule has 0 aliphatic rings. The van der Waals surface area contributed by atoms with Crippen LogP contribution in [0.15, 0.2) is 58.5 Å². The molecule has 0 aliphatic heterocycles. The van der Waals surface area contributed by atoms with Gasteiger partial charge in [0.2, 0.25) is 9.84 Å². The summed E-state index contributed by atoms with van der Waals surface area (Å²) in [5, 5.41) is 4.94. The lowest BCUT2D eigenvalue weighted by Crippen LogP contribution is -2.27. The Labute approximate surface area is 160 Å². The molecule has 144 valence electrons. The van der Waals surface area contributed by atoms with Crippen LogP contribution in [0.3, 0.4) is 0 Å². The fraction of sp³-hybridized carbons (Fsp3) is 0.350. The molecule has 0 fully saturated rings. The molecule has 0 N–H and O–H groups in total. The van der Waals surface area contributed by atoms with E-state index in [2.05, 4.69) is 23.8 Å². The highest BCUT2D eigenvalue weighted by molar-refractivity contribution is 7.91. The third-order valence-electron chi connectivity index (χ3n) is 4.66. The number of likely N-dealkylation sites (N-methyl/N-ethyl adjacent to an activating group) is 1. The first-order valence-electron chi connectivity index (χ1n) is 9.10. The molecule has 1 aromatic heterocycles. The van der Waals surface area contributed by atoms with E-state index in [9.17, 15) is 8.42 Å². The lowest BCUT2D eigenvalue weighted by atomic mass is 10.2. The number of para-hydroxylation sites is 1. The zero-order chi connectivity index (χ0) is 19.4. The molecule has 0 aliphatic carbocycles. The van der Waals surface area contributed by atoms with Crippen molar-refractivity contribution in [2.45, 2.75) is 23.8 Å². The second kappa shape index (κ2) is 8.10. The largest absolute Gasteiger partial charge is 0.490 e. The minimum absolute atomic E-state index is 0.0559. The number of hydrogen-bond donors (Lipinski definition) is 0. The van der Waals surface area contributed by atoms with Gasteiger partial charge in [0, 0.05) is 19.0 Å². The molecular formula is C20H25N3O3S. The van der Waals surface area contributed by atoms with E-state index in [4.69, 9.17) is 4.74 Å². The van der Waals surface area contributed by atoms with Gasteiger partial charge >= 0.3 is 0 Å². The Balaban J connectivity index is 1.97. The summed E-state index contributed by atoms with van der Waals surface area (Å²) in [5.74, 6) is 0.643. The van der Waals surface area contributed by atoms with Crippen molar-refractivity contribution in [2.75, 3.05) is 26.2 Å². The van der Waals surface area contributed by atoms with E-state index in [0.29, 0.717) is 23.3 Å². The molecule has 0 radical (unpaired) electrons. The van der Waals surface area contributed by atoms with Crippen LogP contribution in [0.5, 0.6) is 5.75 Å². The normalized spacial score (nSPS) is 12.0. The van der Waals surface area contributed by atoms with Crippen LogP contribution in [-0.4, -0.2) is 49.3 Å². The molecule has 2 aromatic carbocycles. The Morgan fingerprint density at radius 3 is 2.41 bits per heavy atom. The van der Waals surface area contributed by atoms with Gasteiger partial charge in [-0.25, -0.2) is 8.42 Å². The molecule has 27 heavy (non-hydrogen) atoms. The number of ether oxygens (including phenoxy) is 1. The van der Waals surface area contributed by atoms with E-state index in [1.165, 1.54) is 0 Å². The molecular weight excluding hydrogens is 362 g/mol. The topological polar surface area (TPSA) is 64.4 Å². The lowest BCUT2D eigenvalue weighted by molar-refractivity contribution is 0.224. The van der Waals surface area contributed by atoms with Crippen molar-refractivity contribution in [2.24, 2.45) is 7.05 Å². The molecule has 0 amide bonds. The number of aromatic nitrogens is 2. The number of hydrogen-bond acceptors (Lipinski definition) is 5. The standard InChI is InChI=1S/C20H25N3O3S/c1-4-23(5-2)14-15-26-18-13-9-12-17-19(18)22(3)21-20(17)27(24,25)16-10-7-6-8-11-16/h6-13H,4-5,14-15H2,1-3H3. The van der Waals surface area contributed by atoms with Gasteiger partial charge < -0.3 is 9.64 Å². The number of rotatable bonds is 8. The van der Waals surface area contributed by atoms with Gasteiger partial charge in [-0.3, -0.25) is 4.68 Å². The van der Waals surface area contributed by atoms with E-state index in [0.717, 1.165) is 19.6 Å². The van der Waals surface area contributed by atoms with Crippen LogP contribution in [0.2, 0.25) is 0 Å². The number of aryl methyl sites for hydroxylation is 1. The van der Waals surface area contributed by atoms with Crippen LogP contribution in [0.25, 0.3) is 10.9 Å². The molecule has 0 saturated heterocycles. The average Bonchev–Trinajstić information content (AvgIpc) is 3.04. The molecule has 1 heterocycles. The van der Waals surface area contributed by atoms with Gasteiger partial charge in [-0.05, 0) is 37.4 Å². The van der Waals surface area contributed by atoms with Crippen LogP contribution < -0.4 is 4.74 Å². The van der Waals surface area contributed by atoms with Gasteiger partial charge in [0.1, 0.15) is 17.9 Å². The summed E-state index contributed by atoms with van der Waals surface area (Å²) < 4.78 is 33.6. The maximum absolute atomic E-state index is 13.0. The maximum Gasteiger partial charge on any atom is 0.226 e. The monoisotopic (exact) mass is 387 g/mol. The van der Waals surface area contributed by atoms with Crippen molar-refractivity contribution in [1.29, 1.82) is 0 Å². The molecule has 0 atom stereocenters. The highest BCUT2D eigenvalue weighted by Crippen LogP contribution is 2.32. The molecule has 0 bridgehead atoms. The van der Waals surface area contributed by atoms with Crippen molar-refractivity contribution in [3.05, 3.63) is 48.5 Å². The van der Waals surface area contributed by atoms with Gasteiger partial charge in [0.15, 0.2) is 5.03 Å². The SMILES string of the molecule is CCN(CC)CCOc1cccc2c(S(=O)(=O)c3ccccc3)nn(C)c12. The summed E-state index contributed by atoms with van der Waals surface area (Å²) in [6.45, 7) is 7.52. The van der Waals surface area contributed by atoms with Crippen molar-refractivity contribution in [3.8, 4) is 5.75 Å². The third kappa shape index (κ3) is 3.84. The van der Waals surface area contributed by atoms with E-state index in [1.54, 1.807) is 54.2 Å². The molecule has 0 spiro atoms. The molecule has 0 unspecified atom stereocenters. The second-order valence-electron chi connectivity index (χ2n) is 6.27. The van der Waals surface area contributed by atoms with Crippen LogP contribution in [0.4, 0.5) is 0 Å². The van der Waals surface area contributed by atoms with E-state index in [-0.39, 0.29) is 9.92 Å². The van der Waals surface area contributed by atoms with Crippen LogP contribution in [0, 0.1) is 0 Å². The highest BCUT2D eigenvalue weighted by atomic mass is 32.2. The Hall–Kier alpha value is -2.38. The van der Waals surface area contributed by atoms with Gasteiger partial charge in [-0.1, -0.05) is 38.1 Å². The number of benzene rings is 2. The molecule has 3 rings (SSSR count). The van der Waals surface area contributed by atoms with Crippen LogP contribution in [0.1, 0.15) is 13.8 Å². The fourth-order valence-electron chi connectivity index (χ4n) is 3.12. The summed E-state index contributed by atoms with van der Waals surface area (Å²) in [6.07, 6.45) is 0. The van der Waals surface area contributed by atoms with Crippen LogP contribution >= 0.6 is 0 Å². The zero-order valence-electron chi connectivity index (χ0n) is 15.9. The summed E-state index contributed by atoms with van der Waals surface area (Å²) >= 11 is 0. The first-order valence-corrected chi connectivity index (χ1v) is 10.6. The quantitative estimate of drug-likeness (QED) is 0.594. The predicted molar refractivity (Wildman–Crippen MR) is 106 cm³/mol. The summed E-state index contributed by atoms with van der Waals surface area (Å²) in [4.78, 5) is 2.51. The fourth-order valence-corrected chi connectivity index (χ4v) is 4.54.